The van der Waals surface area contributed by atoms with Crippen LogP contribution in [-0.2, 0) is 4.74 Å². The maximum atomic E-state index is 12.0. The minimum Gasteiger partial charge on any atom is -0.399 e. The van der Waals surface area contributed by atoms with Crippen LogP contribution in [0.15, 0.2) is 18.2 Å². The van der Waals surface area contributed by atoms with Crippen LogP contribution in [0, 0.1) is 6.92 Å². The molecule has 1 heterocycles. The first-order chi connectivity index (χ1) is 9.15. The van der Waals surface area contributed by atoms with Crippen molar-refractivity contribution in [3.63, 3.8) is 0 Å². The van der Waals surface area contributed by atoms with E-state index in [-0.39, 0.29) is 5.91 Å². The van der Waals surface area contributed by atoms with Gasteiger partial charge in [0.05, 0.1) is 6.10 Å². The highest BCUT2D eigenvalue weighted by Crippen LogP contribution is 2.15. The number of nitrogens with two attached hydrogens (primary N) is 1. The second kappa shape index (κ2) is 6.57. The van der Waals surface area contributed by atoms with Crippen molar-refractivity contribution in [3.8, 4) is 0 Å². The molecule has 1 aliphatic heterocycles. The van der Waals surface area contributed by atoms with E-state index in [0.717, 1.165) is 31.4 Å². The molecule has 1 amide bonds. The molecule has 2 rings (SSSR count). The quantitative estimate of drug-likeness (QED) is 0.818. The van der Waals surface area contributed by atoms with Gasteiger partial charge in [-0.15, -0.1) is 0 Å². The predicted octanol–water partition coefficient (Wildman–Crippen LogP) is 2.27. The maximum absolute atomic E-state index is 12.0. The summed E-state index contributed by atoms with van der Waals surface area (Å²) < 4.78 is 5.63. The Morgan fingerprint density at radius 2 is 2.26 bits per heavy atom. The van der Waals surface area contributed by atoms with E-state index >= 15 is 0 Å². The van der Waals surface area contributed by atoms with Gasteiger partial charge in [-0.25, -0.2) is 0 Å². The minimum absolute atomic E-state index is 0.0637. The molecule has 19 heavy (non-hydrogen) atoms. The lowest BCUT2D eigenvalue weighted by atomic mass is 10.1. The number of nitrogen functional groups attached to an aromatic ring is 1. The number of benzene rings is 1. The normalized spacial score (nSPS) is 19.1. The van der Waals surface area contributed by atoms with E-state index in [2.05, 4.69) is 5.32 Å². The zero-order valence-electron chi connectivity index (χ0n) is 11.4. The first kappa shape index (κ1) is 13.9. The molecule has 0 bridgehead atoms. The standard InChI is InChI=1S/C15H22N2O2/c1-11-8-12(10-13(16)9-11)15(18)17-6-5-14-4-2-3-7-19-14/h8-10,14H,2-7,16H2,1H3,(H,17,18). The lowest BCUT2D eigenvalue weighted by Crippen LogP contribution is -2.29. The van der Waals surface area contributed by atoms with Crippen LogP contribution in [0.1, 0.15) is 41.6 Å². The van der Waals surface area contributed by atoms with Gasteiger partial charge in [-0.1, -0.05) is 0 Å². The third kappa shape index (κ3) is 4.24. The van der Waals surface area contributed by atoms with Gasteiger partial charge in [0.2, 0.25) is 0 Å². The Kier molecular flexibility index (Phi) is 4.80. The third-order valence-electron chi connectivity index (χ3n) is 3.39. The summed E-state index contributed by atoms with van der Waals surface area (Å²) in [5, 5.41) is 2.93. The number of amides is 1. The van der Waals surface area contributed by atoms with Crippen molar-refractivity contribution in [2.24, 2.45) is 0 Å². The highest BCUT2D eigenvalue weighted by atomic mass is 16.5. The molecule has 1 aromatic carbocycles. The lowest BCUT2D eigenvalue weighted by Gasteiger charge is -2.22. The zero-order valence-corrected chi connectivity index (χ0v) is 11.4. The van der Waals surface area contributed by atoms with Gasteiger partial charge in [0.1, 0.15) is 0 Å². The zero-order chi connectivity index (χ0) is 13.7. The highest BCUT2D eigenvalue weighted by Gasteiger charge is 2.14. The molecule has 1 unspecified atom stereocenters. The highest BCUT2D eigenvalue weighted by molar-refractivity contribution is 5.95. The van der Waals surface area contributed by atoms with Gasteiger partial charge in [-0.05, 0) is 56.4 Å². The SMILES string of the molecule is Cc1cc(N)cc(C(=O)NCCC2CCCCO2)c1. The van der Waals surface area contributed by atoms with Crippen molar-refractivity contribution in [1.82, 2.24) is 5.32 Å². The van der Waals surface area contributed by atoms with Crippen LogP contribution < -0.4 is 11.1 Å². The van der Waals surface area contributed by atoms with E-state index in [1.165, 1.54) is 6.42 Å². The molecule has 0 radical (unpaired) electrons. The summed E-state index contributed by atoms with van der Waals surface area (Å²) in [4.78, 5) is 12.0. The molecule has 4 heteroatoms. The molecule has 0 aromatic heterocycles. The number of anilines is 1. The predicted molar refractivity (Wildman–Crippen MR) is 76.1 cm³/mol. The number of rotatable bonds is 4. The van der Waals surface area contributed by atoms with E-state index in [1.807, 2.05) is 19.1 Å². The van der Waals surface area contributed by atoms with Crippen LogP contribution in [0.5, 0.6) is 0 Å². The van der Waals surface area contributed by atoms with Gasteiger partial charge < -0.3 is 15.8 Å². The van der Waals surface area contributed by atoms with E-state index in [9.17, 15) is 4.79 Å². The van der Waals surface area contributed by atoms with Gasteiger partial charge in [-0.3, -0.25) is 4.79 Å². The summed E-state index contributed by atoms with van der Waals surface area (Å²) in [6.45, 7) is 3.44. The topological polar surface area (TPSA) is 64.4 Å². The van der Waals surface area contributed by atoms with Crippen molar-refractivity contribution in [2.75, 3.05) is 18.9 Å². The summed E-state index contributed by atoms with van der Waals surface area (Å²) in [7, 11) is 0. The van der Waals surface area contributed by atoms with Crippen molar-refractivity contribution in [2.45, 2.75) is 38.7 Å². The monoisotopic (exact) mass is 262 g/mol. The molecule has 1 saturated heterocycles. The number of hydrogen-bond donors (Lipinski definition) is 2. The number of aryl methyl sites for hydroxylation is 1. The van der Waals surface area contributed by atoms with E-state index in [4.69, 9.17) is 10.5 Å². The minimum atomic E-state index is -0.0637. The van der Waals surface area contributed by atoms with Crippen molar-refractivity contribution >= 4 is 11.6 Å². The van der Waals surface area contributed by atoms with Gasteiger partial charge in [0.25, 0.3) is 5.91 Å². The molecule has 1 aromatic rings. The van der Waals surface area contributed by atoms with E-state index in [1.54, 1.807) is 6.07 Å². The average Bonchev–Trinajstić information content (AvgIpc) is 2.38. The average molecular weight is 262 g/mol. The van der Waals surface area contributed by atoms with Crippen LogP contribution in [0.4, 0.5) is 5.69 Å². The third-order valence-corrected chi connectivity index (χ3v) is 3.39. The maximum Gasteiger partial charge on any atom is 0.251 e. The fourth-order valence-electron chi connectivity index (χ4n) is 2.43. The van der Waals surface area contributed by atoms with Crippen LogP contribution >= 0.6 is 0 Å². The molecular weight excluding hydrogens is 240 g/mol. The molecule has 104 valence electrons. The first-order valence-corrected chi connectivity index (χ1v) is 6.92. The number of nitrogens with one attached hydrogen (secondary N) is 1. The summed E-state index contributed by atoms with van der Waals surface area (Å²) in [5.41, 5.74) is 8.00. The van der Waals surface area contributed by atoms with E-state index in [0.29, 0.717) is 23.9 Å². The first-order valence-electron chi connectivity index (χ1n) is 6.92. The van der Waals surface area contributed by atoms with Crippen LogP contribution in [0.2, 0.25) is 0 Å². The van der Waals surface area contributed by atoms with E-state index < -0.39 is 0 Å². The number of ether oxygens (including phenoxy) is 1. The Morgan fingerprint density at radius 3 is 2.95 bits per heavy atom. The summed E-state index contributed by atoms with van der Waals surface area (Å²) in [6, 6.07) is 5.41. The molecule has 3 N–H and O–H groups in total. The molecule has 0 saturated carbocycles. The number of hydrogen-bond acceptors (Lipinski definition) is 3. The summed E-state index contributed by atoms with van der Waals surface area (Å²) in [5.74, 6) is -0.0637. The fraction of sp³-hybridized carbons (Fsp3) is 0.533. The van der Waals surface area contributed by atoms with Crippen LogP contribution in [0.3, 0.4) is 0 Å². The molecule has 0 aliphatic carbocycles. The number of carbonyl (C=O) groups is 1. The Morgan fingerprint density at radius 1 is 1.42 bits per heavy atom. The van der Waals surface area contributed by atoms with Gasteiger partial charge in [0.15, 0.2) is 0 Å². The Balaban J connectivity index is 1.80. The molecule has 4 nitrogen and oxygen atoms in total. The largest absolute Gasteiger partial charge is 0.399 e. The smallest absolute Gasteiger partial charge is 0.251 e. The Hall–Kier alpha value is -1.55. The Bertz CT molecular complexity index is 420. The van der Waals surface area contributed by atoms with Crippen LogP contribution in [-0.4, -0.2) is 25.2 Å². The van der Waals surface area contributed by atoms with Crippen molar-refractivity contribution in [3.05, 3.63) is 29.3 Å². The second-order valence-electron chi connectivity index (χ2n) is 5.17. The van der Waals surface area contributed by atoms with Crippen molar-refractivity contribution < 1.29 is 9.53 Å². The summed E-state index contributed by atoms with van der Waals surface area (Å²) >= 11 is 0. The van der Waals surface area contributed by atoms with Gasteiger partial charge >= 0.3 is 0 Å². The summed E-state index contributed by atoms with van der Waals surface area (Å²) in [6.07, 6.45) is 4.68. The van der Waals surface area contributed by atoms with Gasteiger partial charge in [-0.2, -0.15) is 0 Å². The van der Waals surface area contributed by atoms with Gasteiger partial charge in [0, 0.05) is 24.4 Å². The molecule has 1 atom stereocenters. The molecule has 0 spiro atoms. The Labute approximate surface area is 114 Å². The molecular formula is C15H22N2O2. The lowest BCUT2D eigenvalue weighted by molar-refractivity contribution is 0.0117. The second-order valence-corrected chi connectivity index (χ2v) is 5.17. The van der Waals surface area contributed by atoms with Crippen LogP contribution in [0.25, 0.3) is 0 Å². The molecule has 1 aliphatic rings. The van der Waals surface area contributed by atoms with Crippen molar-refractivity contribution in [1.29, 1.82) is 0 Å². The fourth-order valence-corrected chi connectivity index (χ4v) is 2.43. The number of carbonyl (C=O) groups excluding carboxylic acids is 1. The molecule has 1 fully saturated rings.